The summed E-state index contributed by atoms with van der Waals surface area (Å²) in [6.07, 6.45) is 11.3. The van der Waals surface area contributed by atoms with E-state index < -0.39 is 0 Å². The van der Waals surface area contributed by atoms with Gasteiger partial charge >= 0.3 is 0 Å². The standard InChI is InChI=1S/C24H27N3O2/c1-29-22-9-6-18(7-10-22)5-8-21-14-20-17-26(16-19-4-2-12-25-15-19)23(28)24(20)11-3-13-27(21)24/h2,4-10,12,15,20-21H,3,11,13-14,16-17H2,1H3/t20-,21+,24-/m0/s1. The van der Waals surface area contributed by atoms with Crippen molar-refractivity contribution in [2.45, 2.75) is 37.4 Å². The number of methoxy groups -OCH3 is 1. The summed E-state index contributed by atoms with van der Waals surface area (Å²) in [5.41, 5.74) is 2.00. The van der Waals surface area contributed by atoms with Gasteiger partial charge in [-0.1, -0.05) is 30.4 Å². The van der Waals surface area contributed by atoms with Crippen LogP contribution in [0.25, 0.3) is 6.08 Å². The van der Waals surface area contributed by atoms with Gasteiger partial charge in [-0.05, 0) is 55.1 Å². The van der Waals surface area contributed by atoms with E-state index in [0.717, 1.165) is 43.7 Å². The van der Waals surface area contributed by atoms with Crippen LogP contribution in [0.2, 0.25) is 0 Å². The van der Waals surface area contributed by atoms with Gasteiger partial charge in [-0.15, -0.1) is 0 Å². The first-order valence-corrected chi connectivity index (χ1v) is 10.5. The fraction of sp³-hybridized carbons (Fsp3) is 0.417. The number of hydrogen-bond donors (Lipinski definition) is 0. The van der Waals surface area contributed by atoms with Crippen LogP contribution < -0.4 is 4.74 Å². The van der Waals surface area contributed by atoms with E-state index in [1.165, 1.54) is 5.56 Å². The highest BCUT2D eigenvalue weighted by Crippen LogP contribution is 2.51. The lowest BCUT2D eigenvalue weighted by Gasteiger charge is -2.32. The van der Waals surface area contributed by atoms with Gasteiger partial charge in [0.15, 0.2) is 0 Å². The second-order valence-corrected chi connectivity index (χ2v) is 8.40. The van der Waals surface area contributed by atoms with Crippen LogP contribution in [-0.4, -0.2) is 52.5 Å². The Labute approximate surface area is 172 Å². The maximum absolute atomic E-state index is 13.5. The summed E-state index contributed by atoms with van der Waals surface area (Å²) in [4.78, 5) is 22.3. The van der Waals surface area contributed by atoms with Crippen LogP contribution in [0.1, 0.15) is 30.4 Å². The van der Waals surface area contributed by atoms with Crippen molar-refractivity contribution in [1.82, 2.24) is 14.8 Å². The zero-order valence-electron chi connectivity index (χ0n) is 16.8. The Balaban J connectivity index is 1.33. The highest BCUT2D eigenvalue weighted by molar-refractivity contribution is 5.90. The molecule has 3 aliphatic rings. The fourth-order valence-corrected chi connectivity index (χ4v) is 5.60. The minimum absolute atomic E-state index is 0.281. The summed E-state index contributed by atoms with van der Waals surface area (Å²) in [5.74, 6) is 1.61. The predicted octanol–water partition coefficient (Wildman–Crippen LogP) is 3.37. The van der Waals surface area contributed by atoms with Crippen molar-refractivity contribution in [3.05, 3.63) is 66.0 Å². The molecule has 1 spiro atoms. The number of amides is 1. The van der Waals surface area contributed by atoms with E-state index in [4.69, 9.17) is 4.74 Å². The second-order valence-electron chi connectivity index (χ2n) is 8.40. The van der Waals surface area contributed by atoms with E-state index in [1.54, 1.807) is 13.3 Å². The highest BCUT2D eigenvalue weighted by atomic mass is 16.5. The number of benzene rings is 1. The van der Waals surface area contributed by atoms with E-state index in [2.05, 4.69) is 45.1 Å². The van der Waals surface area contributed by atoms with E-state index in [-0.39, 0.29) is 5.54 Å². The normalized spacial score (nSPS) is 28.9. The molecular weight excluding hydrogens is 362 g/mol. The maximum Gasteiger partial charge on any atom is 0.243 e. The monoisotopic (exact) mass is 389 g/mol. The Bertz CT molecular complexity index is 911. The molecule has 5 heteroatoms. The molecule has 1 amide bonds. The Hall–Kier alpha value is -2.66. The number of carbonyl (C=O) groups is 1. The SMILES string of the molecule is COc1ccc(C=C[C@@H]2C[C@H]3CN(Cc4cccnc4)C(=O)[C@]34CCCN24)cc1. The van der Waals surface area contributed by atoms with Crippen molar-refractivity contribution in [3.63, 3.8) is 0 Å². The Morgan fingerprint density at radius 2 is 2.14 bits per heavy atom. The van der Waals surface area contributed by atoms with Gasteiger partial charge in [0.2, 0.25) is 5.91 Å². The molecule has 0 unspecified atom stereocenters. The summed E-state index contributed by atoms with van der Waals surface area (Å²) in [7, 11) is 1.68. The molecule has 0 saturated carbocycles. The molecular formula is C24H27N3O2. The molecule has 3 saturated heterocycles. The molecule has 29 heavy (non-hydrogen) atoms. The van der Waals surface area contributed by atoms with Crippen molar-refractivity contribution in [1.29, 1.82) is 0 Å². The number of hydrogen-bond acceptors (Lipinski definition) is 4. The number of rotatable bonds is 5. The summed E-state index contributed by atoms with van der Waals surface area (Å²) in [5, 5.41) is 0. The summed E-state index contributed by atoms with van der Waals surface area (Å²) in [6.45, 7) is 2.54. The first kappa shape index (κ1) is 18.4. The van der Waals surface area contributed by atoms with Gasteiger partial charge in [-0.25, -0.2) is 0 Å². The van der Waals surface area contributed by atoms with Crippen molar-refractivity contribution >= 4 is 12.0 Å². The third-order valence-electron chi connectivity index (χ3n) is 6.89. The van der Waals surface area contributed by atoms with E-state index in [9.17, 15) is 4.79 Å². The fourth-order valence-electron chi connectivity index (χ4n) is 5.60. The first-order chi connectivity index (χ1) is 14.2. The lowest BCUT2D eigenvalue weighted by atomic mass is 9.85. The zero-order valence-corrected chi connectivity index (χ0v) is 16.8. The number of aromatic nitrogens is 1. The molecule has 5 rings (SSSR count). The lowest BCUT2D eigenvalue weighted by molar-refractivity contribution is -0.137. The van der Waals surface area contributed by atoms with Gasteiger partial charge in [0.1, 0.15) is 11.3 Å². The largest absolute Gasteiger partial charge is 0.497 e. The van der Waals surface area contributed by atoms with Crippen molar-refractivity contribution in [3.8, 4) is 5.75 Å². The number of ether oxygens (including phenoxy) is 1. The van der Waals surface area contributed by atoms with E-state index in [0.29, 0.717) is 24.4 Å². The second kappa shape index (κ2) is 7.30. The number of pyridine rings is 1. The molecule has 3 aliphatic heterocycles. The molecule has 1 aromatic carbocycles. The Morgan fingerprint density at radius 1 is 1.28 bits per heavy atom. The van der Waals surface area contributed by atoms with Crippen LogP contribution in [0, 0.1) is 5.92 Å². The molecule has 3 fully saturated rings. The maximum atomic E-state index is 13.5. The third-order valence-corrected chi connectivity index (χ3v) is 6.89. The summed E-state index contributed by atoms with van der Waals surface area (Å²) in [6, 6.07) is 12.5. The zero-order chi connectivity index (χ0) is 19.8. The summed E-state index contributed by atoms with van der Waals surface area (Å²) >= 11 is 0. The first-order valence-electron chi connectivity index (χ1n) is 10.5. The van der Waals surface area contributed by atoms with Crippen molar-refractivity contribution in [2.24, 2.45) is 5.92 Å². The summed E-state index contributed by atoms with van der Waals surface area (Å²) < 4.78 is 5.24. The molecule has 0 radical (unpaired) electrons. The van der Waals surface area contributed by atoms with Crippen LogP contribution in [-0.2, 0) is 11.3 Å². The topological polar surface area (TPSA) is 45.7 Å². The lowest BCUT2D eigenvalue weighted by Crippen LogP contribution is -2.50. The average Bonchev–Trinajstić information content (AvgIpc) is 3.39. The minimum Gasteiger partial charge on any atom is -0.497 e. The van der Waals surface area contributed by atoms with Gasteiger partial charge in [-0.2, -0.15) is 0 Å². The van der Waals surface area contributed by atoms with Crippen molar-refractivity contribution in [2.75, 3.05) is 20.2 Å². The van der Waals surface area contributed by atoms with Gasteiger partial charge in [0.25, 0.3) is 0 Å². The van der Waals surface area contributed by atoms with E-state index in [1.807, 2.05) is 24.4 Å². The average molecular weight is 389 g/mol. The van der Waals surface area contributed by atoms with Gasteiger partial charge in [-0.3, -0.25) is 14.7 Å². The highest BCUT2D eigenvalue weighted by Gasteiger charge is 2.64. The number of carbonyl (C=O) groups excluding carboxylic acids is 1. The third kappa shape index (κ3) is 3.04. The van der Waals surface area contributed by atoms with Crippen LogP contribution in [0.4, 0.5) is 0 Å². The van der Waals surface area contributed by atoms with Crippen LogP contribution in [0.5, 0.6) is 5.75 Å². The Kier molecular flexibility index (Phi) is 4.63. The molecule has 2 aromatic rings. The van der Waals surface area contributed by atoms with Gasteiger partial charge < -0.3 is 9.64 Å². The molecule has 3 atom stereocenters. The van der Waals surface area contributed by atoms with Crippen LogP contribution in [0.15, 0.2) is 54.9 Å². The molecule has 4 heterocycles. The molecule has 1 aromatic heterocycles. The quantitative estimate of drug-likeness (QED) is 0.787. The van der Waals surface area contributed by atoms with E-state index >= 15 is 0 Å². The smallest absolute Gasteiger partial charge is 0.243 e. The van der Waals surface area contributed by atoms with Crippen LogP contribution >= 0.6 is 0 Å². The minimum atomic E-state index is -0.281. The Morgan fingerprint density at radius 3 is 2.90 bits per heavy atom. The van der Waals surface area contributed by atoms with Gasteiger partial charge in [0.05, 0.1) is 7.11 Å². The number of likely N-dealkylation sites (tertiary alicyclic amines) is 1. The number of nitrogens with zero attached hydrogens (tertiary/aromatic N) is 3. The predicted molar refractivity (Wildman–Crippen MR) is 112 cm³/mol. The van der Waals surface area contributed by atoms with Crippen LogP contribution in [0.3, 0.4) is 0 Å². The van der Waals surface area contributed by atoms with Crippen molar-refractivity contribution < 1.29 is 9.53 Å². The molecule has 150 valence electrons. The van der Waals surface area contributed by atoms with Gasteiger partial charge in [0, 0.05) is 37.4 Å². The molecule has 0 aliphatic carbocycles. The molecule has 5 nitrogen and oxygen atoms in total. The molecule has 0 N–H and O–H groups in total. The molecule has 0 bridgehead atoms.